The van der Waals surface area contributed by atoms with E-state index in [1.165, 1.54) is 0 Å². The molecule has 21 heavy (non-hydrogen) atoms. The van der Waals surface area contributed by atoms with E-state index in [0.717, 1.165) is 48.4 Å². The summed E-state index contributed by atoms with van der Waals surface area (Å²) in [6.07, 6.45) is 3.99. The number of fused-ring (bicyclic) bond motifs is 1. The van der Waals surface area contributed by atoms with E-state index in [2.05, 4.69) is 10.3 Å². The number of nitrogens with zero attached hydrogens (tertiary/aromatic N) is 1. The standard InChI is InChI=1S/C16H21N3O2/c1-10(3-2-8-17)15(20)18-12-6-7-14-13(9-12)19-16(21-14)11-4-5-11/h6-7,9-11H,2-5,8,17H2,1H3,(H,18,20). The molecule has 1 aromatic heterocycles. The van der Waals surface area contributed by atoms with Crippen LogP contribution in [0.4, 0.5) is 5.69 Å². The summed E-state index contributed by atoms with van der Waals surface area (Å²) in [5.41, 5.74) is 7.83. The van der Waals surface area contributed by atoms with Gasteiger partial charge in [0, 0.05) is 17.5 Å². The lowest BCUT2D eigenvalue weighted by molar-refractivity contribution is -0.119. The summed E-state index contributed by atoms with van der Waals surface area (Å²) in [6.45, 7) is 2.54. The maximum Gasteiger partial charge on any atom is 0.227 e. The molecule has 0 saturated heterocycles. The molecule has 5 heteroatoms. The highest BCUT2D eigenvalue weighted by atomic mass is 16.3. The minimum Gasteiger partial charge on any atom is -0.440 e. The third-order valence-electron chi connectivity index (χ3n) is 3.89. The molecule has 1 aliphatic rings. The molecule has 1 heterocycles. The Morgan fingerprint density at radius 2 is 2.33 bits per heavy atom. The maximum absolute atomic E-state index is 12.1. The van der Waals surface area contributed by atoms with Gasteiger partial charge in [-0.3, -0.25) is 4.79 Å². The van der Waals surface area contributed by atoms with E-state index >= 15 is 0 Å². The molecular formula is C16H21N3O2. The van der Waals surface area contributed by atoms with E-state index in [0.29, 0.717) is 12.5 Å². The Kier molecular flexibility index (Phi) is 3.92. The van der Waals surface area contributed by atoms with Gasteiger partial charge in [0.25, 0.3) is 0 Å². The highest BCUT2D eigenvalue weighted by Crippen LogP contribution is 2.40. The second-order valence-corrected chi connectivity index (χ2v) is 5.83. The second kappa shape index (κ2) is 5.85. The number of carbonyl (C=O) groups is 1. The number of benzene rings is 1. The average molecular weight is 287 g/mol. The van der Waals surface area contributed by atoms with Crippen molar-refractivity contribution in [3.8, 4) is 0 Å². The maximum atomic E-state index is 12.1. The van der Waals surface area contributed by atoms with Gasteiger partial charge in [0.05, 0.1) is 0 Å². The van der Waals surface area contributed by atoms with Crippen molar-refractivity contribution >= 4 is 22.7 Å². The Hall–Kier alpha value is -1.88. The summed E-state index contributed by atoms with van der Waals surface area (Å²) < 4.78 is 5.71. The fourth-order valence-corrected chi connectivity index (χ4v) is 2.35. The van der Waals surface area contributed by atoms with Crippen LogP contribution in [-0.2, 0) is 4.79 Å². The van der Waals surface area contributed by atoms with Crippen LogP contribution in [0.1, 0.15) is 44.4 Å². The average Bonchev–Trinajstić information content (AvgIpc) is 3.24. The topological polar surface area (TPSA) is 81.2 Å². The van der Waals surface area contributed by atoms with Gasteiger partial charge in [0.15, 0.2) is 11.5 Å². The highest BCUT2D eigenvalue weighted by molar-refractivity contribution is 5.94. The van der Waals surface area contributed by atoms with Crippen LogP contribution in [0, 0.1) is 5.92 Å². The number of nitrogens with two attached hydrogens (primary N) is 1. The van der Waals surface area contributed by atoms with Crippen LogP contribution in [0.3, 0.4) is 0 Å². The minimum absolute atomic E-state index is 0.0220. The number of carbonyl (C=O) groups excluding carboxylic acids is 1. The van der Waals surface area contributed by atoms with Gasteiger partial charge in [-0.2, -0.15) is 0 Å². The van der Waals surface area contributed by atoms with Crippen LogP contribution in [0.15, 0.2) is 22.6 Å². The lowest BCUT2D eigenvalue weighted by Crippen LogP contribution is -2.21. The third-order valence-corrected chi connectivity index (χ3v) is 3.89. The van der Waals surface area contributed by atoms with Crippen molar-refractivity contribution in [3.63, 3.8) is 0 Å². The van der Waals surface area contributed by atoms with Gasteiger partial charge in [0.2, 0.25) is 5.91 Å². The number of anilines is 1. The zero-order chi connectivity index (χ0) is 14.8. The Labute approximate surface area is 123 Å². The van der Waals surface area contributed by atoms with Gasteiger partial charge in [-0.25, -0.2) is 4.98 Å². The Bertz CT molecular complexity index is 646. The van der Waals surface area contributed by atoms with E-state index in [1.54, 1.807) is 0 Å². The summed E-state index contributed by atoms with van der Waals surface area (Å²) >= 11 is 0. The van der Waals surface area contributed by atoms with E-state index in [4.69, 9.17) is 10.2 Å². The third kappa shape index (κ3) is 3.24. The summed E-state index contributed by atoms with van der Waals surface area (Å²) in [5, 5.41) is 2.94. The van der Waals surface area contributed by atoms with Crippen molar-refractivity contribution in [2.24, 2.45) is 11.7 Å². The van der Waals surface area contributed by atoms with E-state index < -0.39 is 0 Å². The number of aromatic nitrogens is 1. The Morgan fingerprint density at radius 3 is 3.05 bits per heavy atom. The van der Waals surface area contributed by atoms with Gasteiger partial charge < -0.3 is 15.5 Å². The first-order valence-electron chi connectivity index (χ1n) is 7.59. The fourth-order valence-electron chi connectivity index (χ4n) is 2.35. The van der Waals surface area contributed by atoms with Crippen molar-refractivity contribution < 1.29 is 9.21 Å². The number of hydrogen-bond acceptors (Lipinski definition) is 4. The molecule has 1 unspecified atom stereocenters. The van der Waals surface area contributed by atoms with Gasteiger partial charge in [-0.05, 0) is 50.4 Å². The van der Waals surface area contributed by atoms with Crippen LogP contribution >= 0.6 is 0 Å². The molecule has 1 aromatic carbocycles. The van der Waals surface area contributed by atoms with Crippen LogP contribution < -0.4 is 11.1 Å². The second-order valence-electron chi connectivity index (χ2n) is 5.83. The predicted molar refractivity (Wildman–Crippen MR) is 82.1 cm³/mol. The van der Waals surface area contributed by atoms with E-state index in [1.807, 2.05) is 25.1 Å². The van der Waals surface area contributed by atoms with Crippen LogP contribution in [-0.4, -0.2) is 17.4 Å². The SMILES string of the molecule is CC(CCCN)C(=O)Nc1ccc2oc(C3CC3)nc2c1. The van der Waals surface area contributed by atoms with Crippen LogP contribution in [0.25, 0.3) is 11.1 Å². The molecule has 2 aromatic rings. The quantitative estimate of drug-likeness (QED) is 0.855. The van der Waals surface area contributed by atoms with Gasteiger partial charge in [-0.15, -0.1) is 0 Å². The molecule has 3 rings (SSSR count). The molecule has 0 spiro atoms. The molecular weight excluding hydrogens is 266 g/mol. The number of oxazole rings is 1. The van der Waals surface area contributed by atoms with Gasteiger partial charge in [-0.1, -0.05) is 6.92 Å². The molecule has 1 aliphatic carbocycles. The lowest BCUT2D eigenvalue weighted by atomic mass is 10.0. The predicted octanol–water partition coefficient (Wildman–Crippen LogP) is 3.02. The Balaban J connectivity index is 1.70. The first kappa shape index (κ1) is 14.1. The molecule has 112 valence electrons. The first-order chi connectivity index (χ1) is 10.2. The molecule has 3 N–H and O–H groups in total. The molecule has 1 atom stereocenters. The molecule has 0 radical (unpaired) electrons. The van der Waals surface area contributed by atoms with Crippen molar-refractivity contribution in [2.75, 3.05) is 11.9 Å². The summed E-state index contributed by atoms with van der Waals surface area (Å²) in [4.78, 5) is 16.6. The highest BCUT2D eigenvalue weighted by Gasteiger charge is 2.28. The number of amides is 1. The first-order valence-corrected chi connectivity index (χ1v) is 7.59. The monoisotopic (exact) mass is 287 g/mol. The number of nitrogens with one attached hydrogen (secondary N) is 1. The van der Waals surface area contributed by atoms with Gasteiger partial charge in [0.1, 0.15) is 5.52 Å². The minimum atomic E-state index is -0.0384. The lowest BCUT2D eigenvalue weighted by Gasteiger charge is -2.11. The smallest absolute Gasteiger partial charge is 0.227 e. The van der Waals surface area contributed by atoms with Crippen molar-refractivity contribution in [1.29, 1.82) is 0 Å². The van der Waals surface area contributed by atoms with Crippen LogP contribution in [0.5, 0.6) is 0 Å². The molecule has 1 saturated carbocycles. The summed E-state index contributed by atoms with van der Waals surface area (Å²) in [7, 11) is 0. The normalized spacial score (nSPS) is 16.1. The van der Waals surface area contributed by atoms with Crippen molar-refractivity contribution in [2.45, 2.75) is 38.5 Å². The molecule has 5 nitrogen and oxygen atoms in total. The fraction of sp³-hybridized carbons (Fsp3) is 0.500. The zero-order valence-corrected chi connectivity index (χ0v) is 12.3. The van der Waals surface area contributed by atoms with Crippen molar-refractivity contribution in [1.82, 2.24) is 4.98 Å². The van der Waals surface area contributed by atoms with E-state index in [-0.39, 0.29) is 11.8 Å². The van der Waals surface area contributed by atoms with Gasteiger partial charge >= 0.3 is 0 Å². The summed E-state index contributed by atoms with van der Waals surface area (Å²) in [5.74, 6) is 1.30. The molecule has 1 amide bonds. The van der Waals surface area contributed by atoms with Crippen LogP contribution in [0.2, 0.25) is 0 Å². The number of rotatable bonds is 6. The molecule has 0 bridgehead atoms. The van der Waals surface area contributed by atoms with Crippen molar-refractivity contribution in [3.05, 3.63) is 24.1 Å². The number of hydrogen-bond donors (Lipinski definition) is 2. The summed E-state index contributed by atoms with van der Waals surface area (Å²) in [6, 6.07) is 5.60. The Morgan fingerprint density at radius 1 is 1.52 bits per heavy atom. The zero-order valence-electron chi connectivity index (χ0n) is 12.3. The molecule has 1 fully saturated rings. The molecule has 0 aliphatic heterocycles. The largest absolute Gasteiger partial charge is 0.440 e. The van der Waals surface area contributed by atoms with E-state index in [9.17, 15) is 4.79 Å².